The van der Waals surface area contributed by atoms with Gasteiger partial charge in [0.2, 0.25) is 0 Å². The van der Waals surface area contributed by atoms with E-state index in [4.69, 9.17) is 4.74 Å². The molecule has 0 bridgehead atoms. The molecule has 1 aliphatic rings. The molecule has 0 radical (unpaired) electrons. The summed E-state index contributed by atoms with van der Waals surface area (Å²) in [6, 6.07) is 28.0. The Morgan fingerprint density at radius 1 is 0.941 bits per heavy atom. The molecule has 5 nitrogen and oxygen atoms in total. The molecule has 0 fully saturated rings. The molecule has 1 N–H and O–H groups in total. The van der Waals surface area contributed by atoms with Crippen molar-refractivity contribution < 1.29 is 14.6 Å². The van der Waals surface area contributed by atoms with E-state index in [9.17, 15) is 9.90 Å². The standard InChI is InChI=1S/C29H34N2O3/c1-2-30(29(32)33)18-19-34-28-15-9-14-25-16-17-26(20-27(25)28)31(21-23-10-5-3-6-11-23)22-24-12-7-4-8-13-24/h3-15,26H,2,16-22H2,1H3,(H,32,33)/t26-/m1/s1. The molecule has 1 aliphatic carbocycles. The summed E-state index contributed by atoms with van der Waals surface area (Å²) in [4.78, 5) is 15.3. The van der Waals surface area contributed by atoms with Gasteiger partial charge in [-0.05, 0) is 54.5 Å². The van der Waals surface area contributed by atoms with Crippen LogP contribution in [0.1, 0.15) is 35.6 Å². The molecule has 0 spiro atoms. The van der Waals surface area contributed by atoms with Crippen LogP contribution in [0.3, 0.4) is 0 Å². The highest BCUT2D eigenvalue weighted by Gasteiger charge is 2.27. The van der Waals surface area contributed by atoms with Gasteiger partial charge >= 0.3 is 6.09 Å². The first-order valence-corrected chi connectivity index (χ1v) is 12.2. The number of fused-ring (bicyclic) bond motifs is 1. The third-order valence-electron chi connectivity index (χ3n) is 6.66. The minimum Gasteiger partial charge on any atom is -0.491 e. The molecule has 0 saturated carbocycles. The fourth-order valence-corrected chi connectivity index (χ4v) is 4.79. The zero-order valence-corrected chi connectivity index (χ0v) is 19.9. The van der Waals surface area contributed by atoms with Gasteiger partial charge in [0.05, 0.1) is 6.54 Å². The topological polar surface area (TPSA) is 53.0 Å². The van der Waals surface area contributed by atoms with Crippen molar-refractivity contribution in [3.8, 4) is 5.75 Å². The molecule has 0 aliphatic heterocycles. The number of rotatable bonds is 10. The number of carboxylic acid groups (broad SMARTS) is 1. The van der Waals surface area contributed by atoms with Crippen LogP contribution in [0.15, 0.2) is 78.9 Å². The SMILES string of the molecule is CCN(CCOc1cccc2c1C[C@H](N(Cc1ccccc1)Cc1ccccc1)CC2)C(=O)O. The van der Waals surface area contributed by atoms with E-state index in [1.165, 1.54) is 27.2 Å². The zero-order chi connectivity index (χ0) is 23.8. The van der Waals surface area contributed by atoms with Gasteiger partial charge in [-0.25, -0.2) is 4.79 Å². The van der Waals surface area contributed by atoms with Gasteiger partial charge in [0, 0.05) is 25.7 Å². The van der Waals surface area contributed by atoms with E-state index in [0.29, 0.717) is 25.7 Å². The van der Waals surface area contributed by atoms with Gasteiger partial charge < -0.3 is 14.7 Å². The van der Waals surface area contributed by atoms with Crippen molar-refractivity contribution in [2.24, 2.45) is 0 Å². The number of benzene rings is 3. The summed E-state index contributed by atoms with van der Waals surface area (Å²) in [6.45, 7) is 4.84. The van der Waals surface area contributed by atoms with E-state index in [-0.39, 0.29) is 0 Å². The van der Waals surface area contributed by atoms with Gasteiger partial charge in [-0.15, -0.1) is 0 Å². The molecular formula is C29H34N2O3. The molecular weight excluding hydrogens is 424 g/mol. The summed E-state index contributed by atoms with van der Waals surface area (Å²) in [6.07, 6.45) is 2.16. The lowest BCUT2D eigenvalue weighted by atomic mass is 9.86. The first-order valence-electron chi connectivity index (χ1n) is 12.2. The smallest absolute Gasteiger partial charge is 0.407 e. The highest BCUT2D eigenvalue weighted by molar-refractivity contribution is 5.64. The quantitative estimate of drug-likeness (QED) is 0.428. The van der Waals surface area contributed by atoms with E-state index >= 15 is 0 Å². The molecule has 5 heteroatoms. The Kier molecular flexibility index (Phi) is 8.21. The summed E-state index contributed by atoms with van der Waals surface area (Å²) < 4.78 is 6.13. The molecule has 178 valence electrons. The van der Waals surface area contributed by atoms with Gasteiger partial charge in [0.25, 0.3) is 0 Å². The Bertz CT molecular complexity index is 1010. The molecule has 3 aromatic rings. The van der Waals surface area contributed by atoms with Crippen molar-refractivity contribution >= 4 is 6.09 Å². The van der Waals surface area contributed by atoms with Gasteiger partial charge in [0.1, 0.15) is 12.4 Å². The monoisotopic (exact) mass is 458 g/mol. The first kappa shape index (κ1) is 23.8. The normalized spacial score (nSPS) is 15.1. The number of amides is 1. The second kappa shape index (κ2) is 11.7. The fraction of sp³-hybridized carbons (Fsp3) is 0.345. The molecule has 0 heterocycles. The minimum atomic E-state index is -0.904. The molecule has 1 amide bonds. The van der Waals surface area contributed by atoms with Crippen molar-refractivity contribution in [2.75, 3.05) is 19.7 Å². The Morgan fingerprint density at radius 3 is 2.18 bits per heavy atom. The van der Waals surface area contributed by atoms with Gasteiger partial charge in [-0.2, -0.15) is 0 Å². The lowest BCUT2D eigenvalue weighted by Crippen LogP contribution is -2.38. The maximum atomic E-state index is 11.3. The van der Waals surface area contributed by atoms with Crippen molar-refractivity contribution in [2.45, 2.75) is 45.3 Å². The van der Waals surface area contributed by atoms with Crippen LogP contribution in [0.25, 0.3) is 0 Å². The van der Waals surface area contributed by atoms with Crippen LogP contribution in [0.4, 0.5) is 4.79 Å². The largest absolute Gasteiger partial charge is 0.491 e. The molecule has 0 aromatic heterocycles. The number of nitrogens with zero attached hydrogens (tertiary/aromatic N) is 2. The number of hydrogen-bond donors (Lipinski definition) is 1. The first-order chi connectivity index (χ1) is 16.6. The third-order valence-corrected chi connectivity index (χ3v) is 6.66. The lowest BCUT2D eigenvalue weighted by Gasteiger charge is -2.36. The number of carbonyl (C=O) groups is 1. The molecule has 34 heavy (non-hydrogen) atoms. The van der Waals surface area contributed by atoms with Crippen molar-refractivity contribution in [1.82, 2.24) is 9.80 Å². The molecule has 0 unspecified atom stereocenters. The Morgan fingerprint density at radius 2 is 1.59 bits per heavy atom. The number of likely N-dealkylation sites (N-methyl/N-ethyl adjacent to an activating group) is 1. The zero-order valence-electron chi connectivity index (χ0n) is 19.9. The van der Waals surface area contributed by atoms with E-state index in [0.717, 1.165) is 38.1 Å². The average Bonchev–Trinajstić information content (AvgIpc) is 2.87. The summed E-state index contributed by atoms with van der Waals surface area (Å²) >= 11 is 0. The number of aryl methyl sites for hydroxylation is 1. The van der Waals surface area contributed by atoms with E-state index < -0.39 is 6.09 Å². The van der Waals surface area contributed by atoms with Crippen LogP contribution in [0, 0.1) is 0 Å². The average molecular weight is 459 g/mol. The summed E-state index contributed by atoms with van der Waals surface area (Å²) in [5.41, 5.74) is 5.26. The predicted octanol–water partition coefficient (Wildman–Crippen LogP) is 5.63. The molecule has 3 aromatic carbocycles. The lowest BCUT2D eigenvalue weighted by molar-refractivity contribution is 0.137. The third kappa shape index (κ3) is 6.17. The summed E-state index contributed by atoms with van der Waals surface area (Å²) in [5.74, 6) is 0.892. The van der Waals surface area contributed by atoms with Gasteiger partial charge in [-0.1, -0.05) is 72.8 Å². The second-order valence-electron chi connectivity index (χ2n) is 8.88. The minimum absolute atomic E-state index is 0.360. The molecule has 4 rings (SSSR count). The van der Waals surface area contributed by atoms with Crippen LogP contribution in [0.5, 0.6) is 5.75 Å². The Balaban J connectivity index is 1.50. The van der Waals surface area contributed by atoms with Gasteiger partial charge in [0.15, 0.2) is 0 Å². The maximum Gasteiger partial charge on any atom is 0.407 e. The summed E-state index contributed by atoms with van der Waals surface area (Å²) in [7, 11) is 0. The van der Waals surface area contributed by atoms with Crippen molar-refractivity contribution in [3.63, 3.8) is 0 Å². The fourth-order valence-electron chi connectivity index (χ4n) is 4.79. The van der Waals surface area contributed by atoms with Crippen molar-refractivity contribution in [1.29, 1.82) is 0 Å². The van der Waals surface area contributed by atoms with Crippen LogP contribution < -0.4 is 4.74 Å². The van der Waals surface area contributed by atoms with E-state index in [1.807, 2.05) is 13.0 Å². The number of hydrogen-bond acceptors (Lipinski definition) is 3. The highest BCUT2D eigenvalue weighted by Crippen LogP contribution is 2.33. The van der Waals surface area contributed by atoms with E-state index in [1.54, 1.807) is 0 Å². The maximum absolute atomic E-state index is 11.3. The van der Waals surface area contributed by atoms with Gasteiger partial charge in [-0.3, -0.25) is 4.90 Å². The van der Waals surface area contributed by atoms with Crippen LogP contribution in [-0.4, -0.2) is 46.7 Å². The molecule has 1 atom stereocenters. The van der Waals surface area contributed by atoms with Crippen LogP contribution >= 0.6 is 0 Å². The van der Waals surface area contributed by atoms with Crippen LogP contribution in [0.2, 0.25) is 0 Å². The number of ether oxygens (including phenoxy) is 1. The Hall–Kier alpha value is -3.31. The highest BCUT2D eigenvalue weighted by atomic mass is 16.5. The second-order valence-corrected chi connectivity index (χ2v) is 8.88. The molecule has 0 saturated heterocycles. The van der Waals surface area contributed by atoms with Crippen LogP contribution in [-0.2, 0) is 25.9 Å². The summed E-state index contributed by atoms with van der Waals surface area (Å²) in [5, 5.41) is 9.27. The van der Waals surface area contributed by atoms with E-state index in [2.05, 4.69) is 77.7 Å². The van der Waals surface area contributed by atoms with Crippen molar-refractivity contribution in [3.05, 3.63) is 101 Å². The predicted molar refractivity (Wildman–Crippen MR) is 135 cm³/mol. The Labute approximate surface area is 202 Å².